The van der Waals surface area contributed by atoms with E-state index in [1.54, 1.807) is 0 Å². The minimum atomic E-state index is 0. The van der Waals surface area contributed by atoms with E-state index in [2.05, 4.69) is 10.2 Å². The summed E-state index contributed by atoms with van der Waals surface area (Å²) in [6.45, 7) is 10.4. The predicted molar refractivity (Wildman–Crippen MR) is 51.8 cm³/mol. The molecule has 1 aliphatic rings. The lowest BCUT2D eigenvalue weighted by Crippen LogP contribution is -2.45. The molecule has 1 aliphatic heterocycles. The van der Waals surface area contributed by atoms with Gasteiger partial charge in [0.2, 0.25) is 0 Å². The van der Waals surface area contributed by atoms with Crippen LogP contribution < -0.4 is 11.1 Å². The Labute approximate surface area is 71.4 Å². The van der Waals surface area contributed by atoms with Crippen LogP contribution in [0.2, 0.25) is 0 Å². The fourth-order valence-electron chi connectivity index (χ4n) is 1.12. The van der Waals surface area contributed by atoms with E-state index in [9.17, 15) is 0 Å². The van der Waals surface area contributed by atoms with E-state index in [4.69, 9.17) is 5.73 Å². The van der Waals surface area contributed by atoms with E-state index in [0.29, 0.717) is 0 Å². The molecule has 0 aromatic heterocycles. The Morgan fingerprint density at radius 3 is 2.36 bits per heavy atom. The first kappa shape index (κ1) is 10.9. The lowest BCUT2D eigenvalue weighted by Gasteiger charge is -2.26. The molecule has 0 unspecified atom stereocenters. The molecule has 3 nitrogen and oxygen atoms in total. The third-order valence-electron chi connectivity index (χ3n) is 1.65. The van der Waals surface area contributed by atoms with Crippen molar-refractivity contribution in [1.82, 2.24) is 10.2 Å². The van der Waals surface area contributed by atoms with Crippen LogP contribution in [0.4, 0.5) is 0 Å². The zero-order valence-electron chi connectivity index (χ0n) is 7.77. The minimum absolute atomic E-state index is 0. The number of nitrogens with one attached hydrogen (secondary N) is 1. The van der Waals surface area contributed by atoms with E-state index in [1.165, 1.54) is 0 Å². The molecule has 0 aromatic carbocycles. The van der Waals surface area contributed by atoms with Crippen molar-refractivity contribution in [1.29, 1.82) is 0 Å². The van der Waals surface area contributed by atoms with Gasteiger partial charge in [-0.2, -0.15) is 0 Å². The molecule has 3 heteroatoms. The van der Waals surface area contributed by atoms with Crippen LogP contribution in [0.15, 0.2) is 0 Å². The smallest absolute Gasteiger partial charge is 0.0108 e. The Kier molecular flexibility index (Phi) is 7.89. The van der Waals surface area contributed by atoms with Crippen LogP contribution in [0, 0.1) is 0 Å². The SMILES string of the molecule is CC.NCCN1CCNCC1.[HH]. The molecule has 1 heterocycles. The molecule has 1 saturated heterocycles. The predicted octanol–water partition coefficient (Wildman–Crippen LogP) is 0.123. The summed E-state index contributed by atoms with van der Waals surface area (Å²) in [5, 5.41) is 3.29. The molecular weight excluding hydrogens is 138 g/mol. The molecule has 0 radical (unpaired) electrons. The maximum absolute atomic E-state index is 5.40. The second-order valence-corrected chi connectivity index (χ2v) is 2.38. The van der Waals surface area contributed by atoms with Gasteiger partial charge in [-0.1, -0.05) is 13.8 Å². The summed E-state index contributed by atoms with van der Waals surface area (Å²) in [6, 6.07) is 0. The van der Waals surface area contributed by atoms with Gasteiger partial charge in [-0.05, 0) is 0 Å². The van der Waals surface area contributed by atoms with Crippen LogP contribution >= 0.6 is 0 Å². The van der Waals surface area contributed by atoms with Crippen molar-refractivity contribution in [3.63, 3.8) is 0 Å². The molecule has 70 valence electrons. The lowest BCUT2D eigenvalue weighted by molar-refractivity contribution is 0.247. The van der Waals surface area contributed by atoms with E-state index >= 15 is 0 Å². The van der Waals surface area contributed by atoms with E-state index in [-0.39, 0.29) is 1.43 Å². The van der Waals surface area contributed by atoms with Gasteiger partial charge < -0.3 is 11.1 Å². The molecule has 0 aromatic rings. The van der Waals surface area contributed by atoms with Crippen molar-refractivity contribution < 1.29 is 1.43 Å². The maximum atomic E-state index is 5.40. The average molecular weight is 161 g/mol. The molecule has 0 amide bonds. The minimum Gasteiger partial charge on any atom is -0.329 e. The van der Waals surface area contributed by atoms with Crippen molar-refractivity contribution in [2.75, 3.05) is 39.3 Å². The summed E-state index contributed by atoms with van der Waals surface area (Å²) in [5.41, 5.74) is 5.40. The Hall–Kier alpha value is -0.120. The van der Waals surface area contributed by atoms with E-state index < -0.39 is 0 Å². The summed E-state index contributed by atoms with van der Waals surface area (Å²) in [7, 11) is 0. The van der Waals surface area contributed by atoms with Gasteiger partial charge in [0.15, 0.2) is 0 Å². The van der Waals surface area contributed by atoms with Crippen molar-refractivity contribution in [2.45, 2.75) is 13.8 Å². The summed E-state index contributed by atoms with van der Waals surface area (Å²) in [6.07, 6.45) is 0. The Bertz CT molecular complexity index is 71.9. The van der Waals surface area contributed by atoms with Gasteiger partial charge in [-0.15, -0.1) is 0 Å². The zero-order valence-corrected chi connectivity index (χ0v) is 7.77. The largest absolute Gasteiger partial charge is 0.329 e. The van der Waals surface area contributed by atoms with Crippen LogP contribution in [0.3, 0.4) is 0 Å². The number of nitrogens with zero attached hydrogens (tertiary/aromatic N) is 1. The molecule has 1 rings (SSSR count). The molecule has 0 bridgehead atoms. The summed E-state index contributed by atoms with van der Waals surface area (Å²) in [5.74, 6) is 0. The fourth-order valence-corrected chi connectivity index (χ4v) is 1.12. The monoisotopic (exact) mass is 161 g/mol. The summed E-state index contributed by atoms with van der Waals surface area (Å²) < 4.78 is 0. The van der Waals surface area contributed by atoms with Gasteiger partial charge in [0.25, 0.3) is 0 Å². The van der Waals surface area contributed by atoms with Crippen molar-refractivity contribution >= 4 is 0 Å². The number of hydrogen-bond acceptors (Lipinski definition) is 3. The fraction of sp³-hybridized carbons (Fsp3) is 1.00. The first-order chi connectivity index (χ1) is 5.43. The molecule has 0 aliphatic carbocycles. The normalized spacial score (nSPS) is 18.8. The number of hydrogen-bond donors (Lipinski definition) is 2. The molecule has 0 atom stereocenters. The molecule has 0 spiro atoms. The molecule has 3 N–H and O–H groups in total. The standard InChI is InChI=1S/C6H15N3.C2H6.H2/c7-1-4-9-5-2-8-3-6-9;1-2;/h8H,1-7H2;1-2H3;1H. The lowest BCUT2D eigenvalue weighted by atomic mass is 10.3. The Balaban J connectivity index is 0. The third kappa shape index (κ3) is 5.18. The van der Waals surface area contributed by atoms with Crippen LogP contribution in [-0.4, -0.2) is 44.2 Å². The van der Waals surface area contributed by atoms with Gasteiger partial charge in [-0.25, -0.2) is 0 Å². The Morgan fingerprint density at radius 1 is 1.36 bits per heavy atom. The van der Waals surface area contributed by atoms with Crippen molar-refractivity contribution in [3.05, 3.63) is 0 Å². The van der Waals surface area contributed by atoms with Crippen LogP contribution in [0.5, 0.6) is 0 Å². The number of nitrogens with two attached hydrogens (primary N) is 1. The van der Waals surface area contributed by atoms with Crippen molar-refractivity contribution in [3.8, 4) is 0 Å². The average Bonchev–Trinajstić information content (AvgIpc) is 2.11. The highest BCUT2D eigenvalue weighted by atomic mass is 15.2. The van der Waals surface area contributed by atoms with Gasteiger partial charge in [-0.3, -0.25) is 4.90 Å². The molecule has 0 saturated carbocycles. The highest BCUT2D eigenvalue weighted by Gasteiger charge is 2.06. The molecule has 1 fully saturated rings. The first-order valence-corrected chi connectivity index (χ1v) is 4.56. The number of rotatable bonds is 2. The molecule has 11 heavy (non-hydrogen) atoms. The van der Waals surface area contributed by atoms with Crippen LogP contribution in [0.25, 0.3) is 0 Å². The summed E-state index contributed by atoms with van der Waals surface area (Å²) in [4.78, 5) is 2.39. The van der Waals surface area contributed by atoms with Gasteiger partial charge in [0, 0.05) is 40.7 Å². The highest BCUT2D eigenvalue weighted by molar-refractivity contribution is 4.66. The number of piperazine rings is 1. The van der Waals surface area contributed by atoms with E-state index in [1.807, 2.05) is 13.8 Å². The second kappa shape index (κ2) is 7.98. The quantitative estimate of drug-likeness (QED) is 0.604. The maximum Gasteiger partial charge on any atom is 0.0108 e. The highest BCUT2D eigenvalue weighted by Crippen LogP contribution is 1.88. The Morgan fingerprint density at radius 2 is 1.91 bits per heavy atom. The van der Waals surface area contributed by atoms with Crippen molar-refractivity contribution in [2.24, 2.45) is 5.73 Å². The zero-order chi connectivity index (χ0) is 8.53. The molecular formula is C8H23N3. The van der Waals surface area contributed by atoms with Gasteiger partial charge in [0.1, 0.15) is 0 Å². The van der Waals surface area contributed by atoms with Crippen LogP contribution in [-0.2, 0) is 0 Å². The van der Waals surface area contributed by atoms with Gasteiger partial charge >= 0.3 is 0 Å². The second-order valence-electron chi connectivity index (χ2n) is 2.38. The van der Waals surface area contributed by atoms with Crippen LogP contribution in [0.1, 0.15) is 15.3 Å². The third-order valence-corrected chi connectivity index (χ3v) is 1.65. The topological polar surface area (TPSA) is 41.3 Å². The van der Waals surface area contributed by atoms with Gasteiger partial charge in [0.05, 0.1) is 0 Å². The first-order valence-electron chi connectivity index (χ1n) is 4.56. The summed E-state index contributed by atoms with van der Waals surface area (Å²) >= 11 is 0. The van der Waals surface area contributed by atoms with E-state index in [0.717, 1.165) is 39.3 Å².